The first-order valence-corrected chi connectivity index (χ1v) is 8.24. The van der Waals surface area contributed by atoms with E-state index in [1.54, 1.807) is 11.8 Å². The van der Waals surface area contributed by atoms with E-state index >= 15 is 0 Å². The molecule has 1 aliphatic heterocycles. The van der Waals surface area contributed by atoms with Crippen LogP contribution in [0, 0.1) is 12.3 Å². The van der Waals surface area contributed by atoms with Crippen molar-refractivity contribution in [2.45, 2.75) is 25.4 Å². The van der Waals surface area contributed by atoms with E-state index in [9.17, 15) is 13.2 Å². The molecule has 22 heavy (non-hydrogen) atoms. The Morgan fingerprint density at radius 1 is 1.55 bits per heavy atom. The van der Waals surface area contributed by atoms with Crippen molar-refractivity contribution in [1.29, 1.82) is 0 Å². The zero-order valence-corrected chi connectivity index (χ0v) is 14.5. The van der Waals surface area contributed by atoms with E-state index in [1.165, 1.54) is 13.1 Å². The third-order valence-corrected chi connectivity index (χ3v) is 5.27. The minimum Gasteiger partial charge on any atom is -0.448 e. The Morgan fingerprint density at radius 3 is 2.68 bits per heavy atom. The van der Waals surface area contributed by atoms with Gasteiger partial charge < -0.3 is 15.1 Å². The molecular weight excluding hydrogens is 330 g/mol. The van der Waals surface area contributed by atoms with Gasteiger partial charge in [-0.2, -0.15) is 0 Å². The maximum atomic E-state index is 12.5. The van der Waals surface area contributed by atoms with E-state index in [4.69, 9.17) is 10.2 Å². The van der Waals surface area contributed by atoms with Gasteiger partial charge in [0.2, 0.25) is 5.09 Å². The van der Waals surface area contributed by atoms with Gasteiger partial charge in [-0.25, -0.2) is 13.1 Å². The lowest BCUT2D eigenvalue weighted by Gasteiger charge is -2.22. The van der Waals surface area contributed by atoms with Gasteiger partial charge in [-0.05, 0) is 32.4 Å². The summed E-state index contributed by atoms with van der Waals surface area (Å²) in [6.45, 7) is 5.33. The van der Waals surface area contributed by atoms with E-state index in [-0.39, 0.29) is 34.4 Å². The molecule has 7 nitrogen and oxygen atoms in total. The standard InChI is InChI=1S/C13H21N3O4S.ClH/c1-9-10(6-11(20-9)21(18,19)15-3)12(17)16-5-4-13(2,7-14)8-16;/h6,15H,4-5,7-8,14H2,1-3H3;1H. The molecule has 0 aliphatic carbocycles. The van der Waals surface area contributed by atoms with Crippen LogP contribution in [0.4, 0.5) is 0 Å². The third kappa shape index (κ3) is 3.45. The van der Waals surface area contributed by atoms with E-state index in [1.807, 2.05) is 6.92 Å². The average molecular weight is 352 g/mol. The number of sulfonamides is 1. The zero-order valence-electron chi connectivity index (χ0n) is 12.9. The van der Waals surface area contributed by atoms with Crippen LogP contribution in [-0.4, -0.2) is 45.9 Å². The lowest BCUT2D eigenvalue weighted by atomic mass is 9.90. The van der Waals surface area contributed by atoms with Gasteiger partial charge in [0, 0.05) is 19.2 Å². The van der Waals surface area contributed by atoms with E-state index in [0.717, 1.165) is 6.42 Å². The fourth-order valence-electron chi connectivity index (χ4n) is 2.43. The number of aryl methyl sites for hydroxylation is 1. The van der Waals surface area contributed by atoms with Gasteiger partial charge in [0.1, 0.15) is 5.76 Å². The number of likely N-dealkylation sites (tertiary alicyclic amines) is 1. The highest BCUT2D eigenvalue weighted by molar-refractivity contribution is 7.89. The van der Waals surface area contributed by atoms with Gasteiger partial charge in [0.05, 0.1) is 5.56 Å². The second kappa shape index (κ2) is 6.57. The predicted octanol–water partition coefficient (Wildman–Crippen LogP) is 0.729. The Morgan fingerprint density at radius 2 is 2.18 bits per heavy atom. The van der Waals surface area contributed by atoms with Crippen LogP contribution < -0.4 is 10.5 Å². The number of hydrogen-bond acceptors (Lipinski definition) is 5. The molecule has 126 valence electrons. The Balaban J connectivity index is 0.00000242. The second-order valence-corrected chi connectivity index (χ2v) is 7.55. The van der Waals surface area contributed by atoms with Gasteiger partial charge in [-0.3, -0.25) is 4.79 Å². The highest BCUT2D eigenvalue weighted by Gasteiger charge is 2.36. The average Bonchev–Trinajstić information content (AvgIpc) is 3.03. The number of halogens is 1. The number of amides is 1. The molecule has 2 rings (SSSR count). The van der Waals surface area contributed by atoms with Gasteiger partial charge in [0.15, 0.2) is 0 Å². The summed E-state index contributed by atoms with van der Waals surface area (Å²) in [6.07, 6.45) is 0.841. The van der Waals surface area contributed by atoms with Crippen molar-refractivity contribution in [2.75, 3.05) is 26.7 Å². The molecule has 1 amide bonds. The quantitative estimate of drug-likeness (QED) is 0.831. The van der Waals surface area contributed by atoms with Crippen LogP contribution in [0.5, 0.6) is 0 Å². The van der Waals surface area contributed by atoms with Crippen molar-refractivity contribution in [3.63, 3.8) is 0 Å². The molecule has 9 heteroatoms. The molecule has 0 radical (unpaired) electrons. The number of carbonyl (C=O) groups is 1. The topological polar surface area (TPSA) is 106 Å². The number of rotatable bonds is 4. The Kier molecular flexibility index (Phi) is 5.66. The number of carbonyl (C=O) groups excluding carboxylic acids is 1. The summed E-state index contributed by atoms with van der Waals surface area (Å²) < 4.78 is 30.8. The molecule has 2 heterocycles. The van der Waals surface area contributed by atoms with Gasteiger partial charge >= 0.3 is 0 Å². The van der Waals surface area contributed by atoms with E-state index in [2.05, 4.69) is 4.72 Å². The molecule has 1 aromatic rings. The maximum Gasteiger partial charge on any atom is 0.273 e. The highest BCUT2D eigenvalue weighted by atomic mass is 35.5. The summed E-state index contributed by atoms with van der Waals surface area (Å²) >= 11 is 0. The Labute approximate surface area is 136 Å². The fourth-order valence-corrected chi connectivity index (χ4v) is 3.14. The summed E-state index contributed by atoms with van der Waals surface area (Å²) in [5.41, 5.74) is 5.94. The van der Waals surface area contributed by atoms with E-state index < -0.39 is 10.0 Å². The van der Waals surface area contributed by atoms with Crippen molar-refractivity contribution in [2.24, 2.45) is 11.1 Å². The fraction of sp³-hybridized carbons (Fsp3) is 0.615. The van der Waals surface area contributed by atoms with Crippen molar-refractivity contribution in [3.8, 4) is 0 Å². The molecule has 1 aliphatic rings. The van der Waals surface area contributed by atoms with Crippen LogP contribution in [0.3, 0.4) is 0 Å². The molecule has 1 atom stereocenters. The smallest absolute Gasteiger partial charge is 0.273 e. The predicted molar refractivity (Wildman–Crippen MR) is 84.6 cm³/mol. The molecule has 0 aromatic carbocycles. The Bertz CT molecular complexity index is 658. The summed E-state index contributed by atoms with van der Waals surface area (Å²) in [5.74, 6) is 0.0844. The number of nitrogens with zero attached hydrogens (tertiary/aromatic N) is 1. The molecular formula is C13H22ClN3O4S. The normalized spacial score (nSPS) is 21.7. The van der Waals surface area contributed by atoms with Crippen LogP contribution in [0.25, 0.3) is 0 Å². The monoisotopic (exact) mass is 351 g/mol. The van der Waals surface area contributed by atoms with Gasteiger partial charge in [-0.1, -0.05) is 6.92 Å². The highest BCUT2D eigenvalue weighted by Crippen LogP contribution is 2.30. The van der Waals surface area contributed by atoms with E-state index in [0.29, 0.717) is 25.4 Å². The number of furan rings is 1. The third-order valence-electron chi connectivity index (χ3n) is 4.00. The van der Waals surface area contributed by atoms with Crippen molar-refractivity contribution < 1.29 is 17.6 Å². The van der Waals surface area contributed by atoms with Crippen molar-refractivity contribution in [1.82, 2.24) is 9.62 Å². The van der Waals surface area contributed by atoms with Crippen LogP contribution in [0.15, 0.2) is 15.6 Å². The molecule has 3 N–H and O–H groups in total. The lowest BCUT2D eigenvalue weighted by molar-refractivity contribution is 0.0775. The van der Waals surface area contributed by atoms with Crippen LogP contribution >= 0.6 is 12.4 Å². The molecule has 1 fully saturated rings. The minimum absolute atomic E-state index is 0. The van der Waals surface area contributed by atoms with Crippen molar-refractivity contribution in [3.05, 3.63) is 17.4 Å². The summed E-state index contributed by atoms with van der Waals surface area (Å²) in [5, 5.41) is -0.244. The van der Waals surface area contributed by atoms with Gasteiger partial charge in [0.25, 0.3) is 15.9 Å². The second-order valence-electron chi connectivity index (χ2n) is 5.73. The van der Waals surface area contributed by atoms with Crippen molar-refractivity contribution >= 4 is 28.3 Å². The SMILES string of the molecule is CNS(=O)(=O)c1cc(C(=O)N2CCC(C)(CN)C2)c(C)o1.Cl. The maximum absolute atomic E-state index is 12.5. The largest absolute Gasteiger partial charge is 0.448 e. The first-order chi connectivity index (χ1) is 9.72. The molecule has 1 aromatic heterocycles. The summed E-state index contributed by atoms with van der Waals surface area (Å²) in [4.78, 5) is 14.2. The van der Waals surface area contributed by atoms with Crippen LogP contribution in [-0.2, 0) is 10.0 Å². The number of nitrogens with one attached hydrogen (secondary N) is 1. The molecule has 0 bridgehead atoms. The minimum atomic E-state index is -3.69. The molecule has 0 spiro atoms. The number of hydrogen-bond donors (Lipinski definition) is 2. The molecule has 1 unspecified atom stereocenters. The van der Waals surface area contributed by atoms with Crippen LogP contribution in [0.2, 0.25) is 0 Å². The first-order valence-electron chi connectivity index (χ1n) is 6.76. The molecule has 0 saturated carbocycles. The summed E-state index contributed by atoms with van der Waals surface area (Å²) in [7, 11) is -2.40. The van der Waals surface area contributed by atoms with Crippen LogP contribution in [0.1, 0.15) is 29.5 Å². The summed E-state index contributed by atoms with van der Waals surface area (Å²) in [6, 6.07) is 1.28. The first kappa shape index (κ1) is 19.0. The number of nitrogens with two attached hydrogens (primary N) is 1. The lowest BCUT2D eigenvalue weighted by Crippen LogP contribution is -2.34. The molecule has 1 saturated heterocycles. The Hall–Kier alpha value is -1.09. The van der Waals surface area contributed by atoms with Gasteiger partial charge in [-0.15, -0.1) is 12.4 Å². The zero-order chi connectivity index (χ0) is 15.8.